The van der Waals surface area contributed by atoms with Crippen LogP contribution in [0.5, 0.6) is 11.5 Å². The summed E-state index contributed by atoms with van der Waals surface area (Å²) in [7, 11) is 3.07. The van der Waals surface area contributed by atoms with Crippen molar-refractivity contribution in [1.29, 1.82) is 0 Å². The summed E-state index contributed by atoms with van der Waals surface area (Å²) < 4.78 is 10.3. The fourth-order valence-electron chi connectivity index (χ4n) is 1.36. The minimum absolute atomic E-state index is 0.445. The average molecular weight is 221 g/mol. The van der Waals surface area contributed by atoms with Gasteiger partial charge in [-0.25, -0.2) is 0 Å². The highest BCUT2D eigenvalue weighted by atomic mass is 16.5. The highest BCUT2D eigenvalue weighted by Gasteiger charge is 2.08. The fraction of sp³-hybridized carbons (Fsp3) is 0.250. The van der Waals surface area contributed by atoms with E-state index in [1.807, 2.05) is 6.08 Å². The van der Waals surface area contributed by atoms with Crippen molar-refractivity contribution in [3.63, 3.8) is 0 Å². The summed E-state index contributed by atoms with van der Waals surface area (Å²) in [5.41, 5.74) is 6.67. The first-order valence-corrected chi connectivity index (χ1v) is 4.84. The number of rotatable bonds is 5. The second kappa shape index (κ2) is 5.92. The van der Waals surface area contributed by atoms with E-state index in [9.17, 15) is 4.79 Å². The van der Waals surface area contributed by atoms with Crippen LogP contribution in [0.4, 0.5) is 0 Å². The Hall–Kier alpha value is -1.81. The summed E-state index contributed by atoms with van der Waals surface area (Å²) in [5.74, 6) is 1.14. The minimum Gasteiger partial charge on any atom is -0.496 e. The molecule has 0 spiro atoms. The van der Waals surface area contributed by atoms with E-state index >= 15 is 0 Å². The van der Waals surface area contributed by atoms with E-state index in [4.69, 9.17) is 15.2 Å². The maximum absolute atomic E-state index is 10.8. The van der Waals surface area contributed by atoms with E-state index in [2.05, 4.69) is 0 Å². The second-order valence-corrected chi connectivity index (χ2v) is 3.09. The van der Waals surface area contributed by atoms with Gasteiger partial charge in [-0.2, -0.15) is 0 Å². The fourth-order valence-corrected chi connectivity index (χ4v) is 1.36. The molecule has 0 saturated carbocycles. The van der Waals surface area contributed by atoms with Gasteiger partial charge in [-0.3, -0.25) is 4.79 Å². The van der Waals surface area contributed by atoms with E-state index < -0.39 is 0 Å². The van der Waals surface area contributed by atoms with Gasteiger partial charge in [0.05, 0.1) is 19.8 Å². The van der Waals surface area contributed by atoms with Crippen LogP contribution in [0.15, 0.2) is 18.2 Å². The van der Waals surface area contributed by atoms with Gasteiger partial charge in [0.15, 0.2) is 6.29 Å². The molecule has 0 aromatic heterocycles. The lowest BCUT2D eigenvalue weighted by Gasteiger charge is -2.09. The van der Waals surface area contributed by atoms with E-state index in [1.165, 1.54) is 7.11 Å². The van der Waals surface area contributed by atoms with Gasteiger partial charge in [-0.1, -0.05) is 12.2 Å². The lowest BCUT2D eigenvalue weighted by atomic mass is 10.1. The van der Waals surface area contributed by atoms with Crippen molar-refractivity contribution in [2.24, 2.45) is 5.73 Å². The van der Waals surface area contributed by atoms with Gasteiger partial charge in [0, 0.05) is 12.1 Å². The van der Waals surface area contributed by atoms with E-state index in [0.29, 0.717) is 23.6 Å². The Balaban J connectivity index is 3.25. The molecule has 0 bridgehead atoms. The summed E-state index contributed by atoms with van der Waals surface area (Å²) in [5, 5.41) is 0. The van der Waals surface area contributed by atoms with Gasteiger partial charge >= 0.3 is 0 Å². The third kappa shape index (κ3) is 2.61. The predicted octanol–water partition coefficient (Wildman–Crippen LogP) is 1.49. The molecule has 0 amide bonds. The van der Waals surface area contributed by atoms with Gasteiger partial charge in [-0.05, 0) is 12.1 Å². The van der Waals surface area contributed by atoms with Crippen LogP contribution in [-0.4, -0.2) is 27.1 Å². The summed E-state index contributed by atoms with van der Waals surface area (Å²) in [6.45, 7) is 0.445. The molecule has 4 heteroatoms. The minimum atomic E-state index is 0.445. The topological polar surface area (TPSA) is 61.6 Å². The molecule has 16 heavy (non-hydrogen) atoms. The molecule has 0 saturated heterocycles. The Morgan fingerprint density at radius 2 is 1.75 bits per heavy atom. The van der Waals surface area contributed by atoms with E-state index in [0.717, 1.165) is 11.8 Å². The Morgan fingerprint density at radius 1 is 1.19 bits per heavy atom. The summed E-state index contributed by atoms with van der Waals surface area (Å²) in [6.07, 6.45) is 4.37. The molecule has 1 aromatic carbocycles. The molecule has 1 aromatic rings. The zero-order valence-corrected chi connectivity index (χ0v) is 9.40. The molecule has 0 atom stereocenters. The third-order valence-corrected chi connectivity index (χ3v) is 2.14. The van der Waals surface area contributed by atoms with Crippen LogP contribution < -0.4 is 15.2 Å². The normalized spacial score (nSPS) is 10.4. The number of methoxy groups -OCH3 is 2. The van der Waals surface area contributed by atoms with Crippen LogP contribution in [0.1, 0.15) is 15.9 Å². The molecule has 0 radical (unpaired) electrons. The van der Waals surface area contributed by atoms with Crippen molar-refractivity contribution in [1.82, 2.24) is 0 Å². The van der Waals surface area contributed by atoms with Crippen molar-refractivity contribution in [2.75, 3.05) is 20.8 Å². The lowest BCUT2D eigenvalue weighted by Crippen LogP contribution is -1.96. The standard InChI is InChI=1S/C12H15NO3/c1-15-11-7-10(8-14)12(16-2)6-9(11)4-3-5-13/h3-4,6-8H,5,13H2,1-2H3. The lowest BCUT2D eigenvalue weighted by molar-refractivity contribution is 0.112. The van der Waals surface area contributed by atoms with Gasteiger partial charge in [0.1, 0.15) is 11.5 Å². The second-order valence-electron chi connectivity index (χ2n) is 3.09. The molecule has 0 unspecified atom stereocenters. The molecule has 2 N–H and O–H groups in total. The van der Waals surface area contributed by atoms with Crippen molar-refractivity contribution in [3.8, 4) is 11.5 Å². The number of hydrogen-bond acceptors (Lipinski definition) is 4. The van der Waals surface area contributed by atoms with Gasteiger partial charge in [0.25, 0.3) is 0 Å². The zero-order chi connectivity index (χ0) is 12.0. The summed E-state index contributed by atoms with van der Waals surface area (Å²) >= 11 is 0. The van der Waals surface area contributed by atoms with Crippen molar-refractivity contribution < 1.29 is 14.3 Å². The molecule has 0 aliphatic rings. The van der Waals surface area contributed by atoms with E-state index in [-0.39, 0.29) is 0 Å². The average Bonchev–Trinajstić information content (AvgIpc) is 2.35. The zero-order valence-electron chi connectivity index (χ0n) is 9.40. The van der Waals surface area contributed by atoms with Crippen molar-refractivity contribution in [3.05, 3.63) is 29.3 Å². The van der Waals surface area contributed by atoms with Crippen LogP contribution in [0, 0.1) is 0 Å². The predicted molar refractivity (Wildman–Crippen MR) is 63.0 cm³/mol. The highest BCUT2D eigenvalue weighted by Crippen LogP contribution is 2.28. The third-order valence-electron chi connectivity index (χ3n) is 2.14. The Kier molecular flexibility index (Phi) is 4.54. The molecule has 0 aliphatic carbocycles. The maximum Gasteiger partial charge on any atom is 0.153 e. The van der Waals surface area contributed by atoms with Crippen LogP contribution in [0.25, 0.3) is 6.08 Å². The quantitative estimate of drug-likeness (QED) is 0.765. The maximum atomic E-state index is 10.8. The van der Waals surface area contributed by atoms with Crippen LogP contribution in [-0.2, 0) is 0 Å². The molecule has 1 rings (SSSR count). The van der Waals surface area contributed by atoms with E-state index in [1.54, 1.807) is 25.3 Å². The Bertz CT molecular complexity index is 399. The molecular weight excluding hydrogens is 206 g/mol. The first kappa shape index (κ1) is 12.3. The number of hydrogen-bond donors (Lipinski definition) is 1. The number of carbonyl (C=O) groups is 1. The Labute approximate surface area is 94.7 Å². The van der Waals surface area contributed by atoms with Crippen molar-refractivity contribution in [2.45, 2.75) is 0 Å². The van der Waals surface area contributed by atoms with Crippen LogP contribution in [0.3, 0.4) is 0 Å². The number of nitrogens with two attached hydrogens (primary N) is 1. The van der Waals surface area contributed by atoms with Gasteiger partial charge in [0.2, 0.25) is 0 Å². The largest absolute Gasteiger partial charge is 0.496 e. The summed E-state index contributed by atoms with van der Waals surface area (Å²) in [6, 6.07) is 3.39. The van der Waals surface area contributed by atoms with Crippen LogP contribution in [0.2, 0.25) is 0 Å². The molecule has 0 heterocycles. The first-order valence-electron chi connectivity index (χ1n) is 4.84. The van der Waals surface area contributed by atoms with Gasteiger partial charge in [-0.15, -0.1) is 0 Å². The van der Waals surface area contributed by atoms with Crippen LogP contribution >= 0.6 is 0 Å². The van der Waals surface area contributed by atoms with Crippen molar-refractivity contribution >= 4 is 12.4 Å². The molecule has 4 nitrogen and oxygen atoms in total. The number of aldehydes is 1. The Morgan fingerprint density at radius 3 is 2.25 bits per heavy atom. The van der Waals surface area contributed by atoms with Gasteiger partial charge < -0.3 is 15.2 Å². The molecule has 0 fully saturated rings. The molecular formula is C12H15NO3. The SMILES string of the molecule is COc1cc(C=CCN)c(OC)cc1C=O. The summed E-state index contributed by atoms with van der Waals surface area (Å²) in [4.78, 5) is 10.8. The number of carbonyl (C=O) groups excluding carboxylic acids is 1. The number of benzene rings is 1. The highest BCUT2D eigenvalue weighted by molar-refractivity contribution is 5.82. The number of ether oxygens (including phenoxy) is 2. The first-order chi connectivity index (χ1) is 7.76. The smallest absolute Gasteiger partial charge is 0.153 e. The molecule has 86 valence electrons. The monoisotopic (exact) mass is 221 g/mol. The molecule has 0 aliphatic heterocycles.